The van der Waals surface area contributed by atoms with E-state index < -0.39 is 0 Å². The summed E-state index contributed by atoms with van der Waals surface area (Å²) in [5.74, 6) is 1.01. The van der Waals surface area contributed by atoms with E-state index in [2.05, 4.69) is 58.7 Å². The van der Waals surface area contributed by atoms with Crippen LogP contribution >= 0.6 is 0 Å². The molecule has 0 fully saturated rings. The molecule has 0 aliphatic carbocycles. The number of allylic oxidation sites excluding steroid dienone is 2. The van der Waals surface area contributed by atoms with Crippen molar-refractivity contribution in [2.24, 2.45) is 0 Å². The summed E-state index contributed by atoms with van der Waals surface area (Å²) in [5.41, 5.74) is 4.22. The smallest absolute Gasteiger partial charge is 0.136 e. The predicted molar refractivity (Wildman–Crippen MR) is 94.6 cm³/mol. The fraction of sp³-hybridized carbons (Fsp3) is 0.526. The number of hydrogen-bond donors (Lipinski definition) is 0. The van der Waals surface area contributed by atoms with Crippen molar-refractivity contribution in [2.75, 3.05) is 4.90 Å². The lowest BCUT2D eigenvalue weighted by Crippen LogP contribution is -2.45. The van der Waals surface area contributed by atoms with Crippen LogP contribution in [-0.2, 0) is 0 Å². The van der Waals surface area contributed by atoms with Crippen molar-refractivity contribution >= 4 is 11.4 Å². The standard InChI is InChI=1S/C19H30N2/c1-9-13-19(8,10-2)21(15(5)6)18-16(7)11-12-17(20-18)14(3)4/h11-12H,3,5,9-10,13H2,1-2,4,6-8H3. The van der Waals surface area contributed by atoms with Crippen LogP contribution in [0.2, 0.25) is 0 Å². The largest absolute Gasteiger partial charge is 0.325 e. The first-order valence-electron chi connectivity index (χ1n) is 7.86. The van der Waals surface area contributed by atoms with Gasteiger partial charge in [0, 0.05) is 11.2 Å². The van der Waals surface area contributed by atoms with E-state index in [0.29, 0.717) is 0 Å². The van der Waals surface area contributed by atoms with Crippen molar-refractivity contribution in [2.45, 2.75) is 66.3 Å². The molecule has 2 nitrogen and oxygen atoms in total. The number of aryl methyl sites for hydroxylation is 1. The summed E-state index contributed by atoms with van der Waals surface area (Å²) in [6, 6.07) is 4.17. The first-order chi connectivity index (χ1) is 9.76. The van der Waals surface area contributed by atoms with Crippen LogP contribution in [0.15, 0.2) is 31.0 Å². The minimum atomic E-state index is 0.0477. The van der Waals surface area contributed by atoms with E-state index in [-0.39, 0.29) is 5.54 Å². The fourth-order valence-corrected chi connectivity index (χ4v) is 2.86. The van der Waals surface area contributed by atoms with Crippen LogP contribution in [0.1, 0.15) is 65.1 Å². The van der Waals surface area contributed by atoms with E-state index in [9.17, 15) is 0 Å². The van der Waals surface area contributed by atoms with Crippen molar-refractivity contribution in [1.29, 1.82) is 0 Å². The summed E-state index contributed by atoms with van der Waals surface area (Å²) in [6.45, 7) is 21.2. The van der Waals surface area contributed by atoms with Crippen molar-refractivity contribution in [3.63, 3.8) is 0 Å². The zero-order chi connectivity index (χ0) is 16.2. The van der Waals surface area contributed by atoms with E-state index in [4.69, 9.17) is 4.98 Å². The second-order valence-corrected chi connectivity index (χ2v) is 6.29. The Morgan fingerprint density at radius 2 is 1.86 bits per heavy atom. The molecule has 1 rings (SSSR count). The van der Waals surface area contributed by atoms with Gasteiger partial charge in [0.05, 0.1) is 5.69 Å². The summed E-state index contributed by atoms with van der Waals surface area (Å²) < 4.78 is 0. The number of nitrogens with zero attached hydrogens (tertiary/aromatic N) is 2. The first-order valence-corrected chi connectivity index (χ1v) is 7.86. The van der Waals surface area contributed by atoms with Gasteiger partial charge in [0.1, 0.15) is 5.82 Å². The number of pyridine rings is 1. The third kappa shape index (κ3) is 3.75. The first kappa shape index (κ1) is 17.5. The third-order valence-corrected chi connectivity index (χ3v) is 4.19. The second-order valence-electron chi connectivity index (χ2n) is 6.29. The average molecular weight is 286 g/mol. The van der Waals surface area contributed by atoms with Gasteiger partial charge in [0.15, 0.2) is 0 Å². The lowest BCUT2D eigenvalue weighted by molar-refractivity contribution is 0.392. The van der Waals surface area contributed by atoms with Gasteiger partial charge in [0.2, 0.25) is 0 Å². The quantitative estimate of drug-likeness (QED) is 0.636. The zero-order valence-corrected chi connectivity index (χ0v) is 14.6. The van der Waals surface area contributed by atoms with Gasteiger partial charge in [-0.3, -0.25) is 0 Å². The van der Waals surface area contributed by atoms with E-state index in [1.54, 1.807) is 0 Å². The maximum atomic E-state index is 4.86. The number of hydrogen-bond acceptors (Lipinski definition) is 2. The molecule has 0 N–H and O–H groups in total. The van der Waals surface area contributed by atoms with Gasteiger partial charge < -0.3 is 4.90 Å². The van der Waals surface area contributed by atoms with E-state index in [1.165, 1.54) is 5.56 Å². The van der Waals surface area contributed by atoms with Gasteiger partial charge in [0.25, 0.3) is 0 Å². The van der Waals surface area contributed by atoms with Crippen LogP contribution in [0.3, 0.4) is 0 Å². The molecule has 21 heavy (non-hydrogen) atoms. The number of anilines is 1. The Balaban J connectivity index is 3.45. The van der Waals surface area contributed by atoms with Crippen LogP contribution in [0.5, 0.6) is 0 Å². The van der Waals surface area contributed by atoms with Gasteiger partial charge in [-0.25, -0.2) is 4.98 Å². The van der Waals surface area contributed by atoms with Gasteiger partial charge >= 0.3 is 0 Å². The molecule has 0 aliphatic rings. The summed E-state index contributed by atoms with van der Waals surface area (Å²) in [7, 11) is 0. The van der Waals surface area contributed by atoms with Gasteiger partial charge in [-0.15, -0.1) is 0 Å². The average Bonchev–Trinajstić information content (AvgIpc) is 2.40. The molecule has 116 valence electrons. The van der Waals surface area contributed by atoms with Gasteiger partial charge in [-0.05, 0) is 57.7 Å². The van der Waals surface area contributed by atoms with Crippen molar-refractivity contribution in [1.82, 2.24) is 4.98 Å². The Morgan fingerprint density at radius 1 is 1.24 bits per heavy atom. The normalized spacial score (nSPS) is 13.6. The molecular formula is C19H30N2. The lowest BCUT2D eigenvalue weighted by atomic mass is 9.89. The van der Waals surface area contributed by atoms with E-state index in [1.807, 2.05) is 13.0 Å². The molecule has 1 unspecified atom stereocenters. The maximum absolute atomic E-state index is 4.86. The Hall–Kier alpha value is -1.57. The Labute approximate surface area is 130 Å². The molecule has 0 amide bonds. The lowest BCUT2D eigenvalue weighted by Gasteiger charge is -2.43. The van der Waals surface area contributed by atoms with Gasteiger partial charge in [-0.2, -0.15) is 0 Å². The van der Waals surface area contributed by atoms with Crippen molar-refractivity contribution in [3.8, 4) is 0 Å². The molecule has 1 aromatic rings. The highest BCUT2D eigenvalue weighted by Gasteiger charge is 2.32. The van der Waals surface area contributed by atoms with E-state index >= 15 is 0 Å². The zero-order valence-electron chi connectivity index (χ0n) is 14.6. The van der Waals surface area contributed by atoms with Crippen LogP contribution in [-0.4, -0.2) is 10.5 Å². The molecule has 1 aromatic heterocycles. The maximum Gasteiger partial charge on any atom is 0.136 e. The third-order valence-electron chi connectivity index (χ3n) is 4.19. The van der Waals surface area contributed by atoms with Crippen molar-refractivity contribution < 1.29 is 0 Å². The molecule has 0 aliphatic heterocycles. The van der Waals surface area contributed by atoms with Crippen molar-refractivity contribution in [3.05, 3.63) is 42.2 Å². The molecule has 0 aromatic carbocycles. The molecule has 0 spiro atoms. The number of rotatable bonds is 7. The van der Waals surface area contributed by atoms with Crippen LogP contribution in [0, 0.1) is 6.92 Å². The highest BCUT2D eigenvalue weighted by molar-refractivity contribution is 5.63. The molecule has 0 saturated carbocycles. The van der Waals surface area contributed by atoms with Crippen LogP contribution < -0.4 is 4.90 Å². The fourth-order valence-electron chi connectivity index (χ4n) is 2.86. The molecule has 1 heterocycles. The SMILES string of the molecule is C=C(C)c1ccc(C)c(N(C(=C)C)C(C)(CC)CCC)n1. The highest BCUT2D eigenvalue weighted by atomic mass is 15.3. The molecule has 0 radical (unpaired) electrons. The topological polar surface area (TPSA) is 16.1 Å². The summed E-state index contributed by atoms with van der Waals surface area (Å²) >= 11 is 0. The molecule has 1 atom stereocenters. The Morgan fingerprint density at radius 3 is 2.29 bits per heavy atom. The molecule has 0 bridgehead atoms. The predicted octanol–water partition coefficient (Wildman–Crippen LogP) is 5.73. The Bertz CT molecular complexity index is 530. The van der Waals surface area contributed by atoms with Crippen LogP contribution in [0.4, 0.5) is 5.82 Å². The highest BCUT2D eigenvalue weighted by Crippen LogP contribution is 2.35. The summed E-state index contributed by atoms with van der Waals surface area (Å²) in [4.78, 5) is 7.17. The van der Waals surface area contributed by atoms with Crippen LogP contribution in [0.25, 0.3) is 5.57 Å². The minimum Gasteiger partial charge on any atom is -0.325 e. The molecule has 0 saturated heterocycles. The molecule has 2 heteroatoms. The second kappa shape index (κ2) is 6.93. The molecular weight excluding hydrogens is 256 g/mol. The Kier molecular flexibility index (Phi) is 5.77. The summed E-state index contributed by atoms with van der Waals surface area (Å²) in [6.07, 6.45) is 3.33. The van der Waals surface area contributed by atoms with E-state index in [0.717, 1.165) is 42.0 Å². The summed E-state index contributed by atoms with van der Waals surface area (Å²) in [5, 5.41) is 0. The minimum absolute atomic E-state index is 0.0477. The number of aromatic nitrogens is 1. The van der Waals surface area contributed by atoms with Gasteiger partial charge in [-0.1, -0.05) is 39.5 Å². The monoisotopic (exact) mass is 286 g/mol.